The number of halogens is 6. The number of carboxylic acids is 2. The summed E-state index contributed by atoms with van der Waals surface area (Å²) in [5, 5.41) is 21.5. The van der Waals surface area contributed by atoms with Crippen molar-refractivity contribution in [1.82, 2.24) is 29.8 Å². The van der Waals surface area contributed by atoms with Crippen LogP contribution in [0.4, 0.5) is 32.2 Å². The Hall–Kier alpha value is -3.74. The Bertz CT molecular complexity index is 1190. The molecule has 0 saturated carbocycles. The van der Waals surface area contributed by atoms with Gasteiger partial charge in [0.25, 0.3) is 5.78 Å². The first-order valence-corrected chi connectivity index (χ1v) is 11.4. The molecule has 3 N–H and O–H groups in total. The number of morpholine rings is 1. The van der Waals surface area contributed by atoms with Crippen molar-refractivity contribution in [2.24, 2.45) is 0 Å². The van der Waals surface area contributed by atoms with Crippen LogP contribution in [0.15, 0.2) is 12.4 Å². The van der Waals surface area contributed by atoms with Crippen LogP contribution in [0.1, 0.15) is 19.5 Å². The van der Waals surface area contributed by atoms with Gasteiger partial charge in [-0.2, -0.15) is 40.9 Å². The number of amides is 1. The smallest absolute Gasteiger partial charge is 0.475 e. The maximum atomic E-state index is 12.3. The maximum Gasteiger partial charge on any atom is 0.490 e. The molecule has 2 aliphatic heterocycles. The topological polar surface area (TPSA) is 162 Å². The predicted molar refractivity (Wildman–Crippen MR) is 123 cm³/mol. The molecule has 2 aliphatic rings. The van der Waals surface area contributed by atoms with Crippen molar-refractivity contribution >= 4 is 29.4 Å². The third kappa shape index (κ3) is 8.38. The van der Waals surface area contributed by atoms with Crippen molar-refractivity contribution in [3.8, 4) is 0 Å². The summed E-state index contributed by atoms with van der Waals surface area (Å²) < 4.78 is 71.4. The van der Waals surface area contributed by atoms with E-state index in [1.807, 2.05) is 33.9 Å². The summed E-state index contributed by atoms with van der Waals surface area (Å²) in [7, 11) is 1.99. The van der Waals surface area contributed by atoms with E-state index in [2.05, 4.69) is 30.2 Å². The van der Waals surface area contributed by atoms with Gasteiger partial charge < -0.3 is 25.2 Å². The number of nitrogens with one attached hydrogen (secondary N) is 1. The van der Waals surface area contributed by atoms with Gasteiger partial charge in [-0.1, -0.05) is 0 Å². The molecule has 2 aromatic heterocycles. The van der Waals surface area contributed by atoms with Gasteiger partial charge in [-0.25, -0.2) is 14.6 Å². The fourth-order valence-electron chi connectivity index (χ4n) is 3.79. The number of aromatic nitrogens is 4. The molecule has 2 saturated heterocycles. The van der Waals surface area contributed by atoms with Gasteiger partial charge in [-0.15, -0.1) is 0 Å². The molecule has 0 aliphatic carbocycles. The number of rotatable bonds is 3. The molecular weight excluding hydrogens is 560 g/mol. The second kappa shape index (κ2) is 12.2. The van der Waals surface area contributed by atoms with Crippen LogP contribution in [-0.2, 0) is 19.1 Å². The van der Waals surface area contributed by atoms with E-state index in [0.717, 1.165) is 31.1 Å². The number of hydrogen-bond acceptors (Lipinski definition) is 9. The lowest BCUT2D eigenvalue weighted by atomic mass is 9.90. The highest BCUT2D eigenvalue weighted by atomic mass is 19.4. The number of carboxylic acid groups (broad SMARTS) is 2. The van der Waals surface area contributed by atoms with Crippen LogP contribution in [0, 0.1) is 6.92 Å². The highest BCUT2D eigenvalue weighted by Gasteiger charge is 2.50. The zero-order valence-electron chi connectivity index (χ0n) is 21.6. The second-order valence-corrected chi connectivity index (χ2v) is 9.28. The van der Waals surface area contributed by atoms with Crippen LogP contribution in [0.2, 0.25) is 0 Å². The van der Waals surface area contributed by atoms with Crippen molar-refractivity contribution in [2.45, 2.75) is 50.8 Å². The summed E-state index contributed by atoms with van der Waals surface area (Å²) in [6.07, 6.45) is -8.65. The third-order valence-electron chi connectivity index (χ3n) is 5.48. The summed E-state index contributed by atoms with van der Waals surface area (Å²) in [4.78, 5) is 43.0. The molecular formula is C21H27F6N7O6. The second-order valence-electron chi connectivity index (χ2n) is 9.28. The van der Waals surface area contributed by atoms with Crippen molar-refractivity contribution in [3.63, 3.8) is 0 Å². The number of alkyl halides is 6. The van der Waals surface area contributed by atoms with Crippen molar-refractivity contribution in [3.05, 3.63) is 18.1 Å². The van der Waals surface area contributed by atoms with E-state index in [0.29, 0.717) is 12.4 Å². The molecule has 1 unspecified atom stereocenters. The molecule has 40 heavy (non-hydrogen) atoms. The van der Waals surface area contributed by atoms with Crippen molar-refractivity contribution < 1.29 is 55.7 Å². The Kier molecular flexibility index (Phi) is 9.90. The van der Waals surface area contributed by atoms with Crippen LogP contribution in [-0.4, -0.2) is 116 Å². The van der Waals surface area contributed by atoms with E-state index in [-0.39, 0.29) is 23.6 Å². The lowest BCUT2D eigenvalue weighted by molar-refractivity contribution is -0.193. The number of nitrogens with zero attached hydrogens (tertiary/aromatic N) is 6. The van der Waals surface area contributed by atoms with Crippen LogP contribution >= 0.6 is 0 Å². The van der Waals surface area contributed by atoms with Gasteiger partial charge in [-0.3, -0.25) is 9.69 Å². The number of aliphatic carboxylic acids is 2. The average molecular weight is 587 g/mol. The van der Waals surface area contributed by atoms with Gasteiger partial charge in [-0.05, 0) is 27.8 Å². The molecule has 1 amide bonds. The van der Waals surface area contributed by atoms with Crippen LogP contribution in [0.5, 0.6) is 0 Å². The number of fused-ring (bicyclic) bond motifs is 1. The zero-order chi connectivity index (χ0) is 30.6. The van der Waals surface area contributed by atoms with E-state index in [1.165, 1.54) is 6.33 Å². The fraction of sp³-hybridized carbons (Fsp3) is 0.619. The highest BCUT2D eigenvalue weighted by Crippen LogP contribution is 2.34. The third-order valence-corrected chi connectivity index (χ3v) is 5.48. The summed E-state index contributed by atoms with van der Waals surface area (Å²) in [6, 6.07) is 1.91. The molecule has 4 heterocycles. The number of hydrogen-bond donors (Lipinski definition) is 3. The molecule has 224 valence electrons. The summed E-state index contributed by atoms with van der Waals surface area (Å²) in [5.74, 6) is -3.91. The van der Waals surface area contributed by atoms with E-state index >= 15 is 0 Å². The van der Waals surface area contributed by atoms with E-state index < -0.39 is 24.3 Å². The largest absolute Gasteiger partial charge is 0.490 e. The first kappa shape index (κ1) is 32.5. The Labute approximate surface area is 222 Å². The predicted octanol–water partition coefficient (Wildman–Crippen LogP) is 1.11. The molecule has 13 nitrogen and oxygen atoms in total. The minimum absolute atomic E-state index is 0.0302. The van der Waals surface area contributed by atoms with Crippen LogP contribution in [0.25, 0.3) is 5.78 Å². The number of carbonyl (C=O) groups is 3. The normalized spacial score (nSPS) is 18.8. The maximum absolute atomic E-state index is 12.3. The van der Waals surface area contributed by atoms with Gasteiger partial charge in [0.2, 0.25) is 5.91 Å². The Balaban J connectivity index is 0.000000333. The van der Waals surface area contributed by atoms with E-state index in [9.17, 15) is 31.1 Å². The molecule has 0 radical (unpaired) electrons. The molecule has 2 fully saturated rings. The number of anilines is 1. The SMILES string of the molecule is Cc1cc(N2CC3(C2)CN(C)C(C(=O)NC(C)C)CO3)n2ncnc2n1.O=C(O)C(F)(F)F.O=C(O)C(F)(F)F. The Morgan fingerprint density at radius 2 is 1.60 bits per heavy atom. The summed E-state index contributed by atoms with van der Waals surface area (Å²) >= 11 is 0. The van der Waals surface area contributed by atoms with E-state index in [1.54, 1.807) is 4.52 Å². The van der Waals surface area contributed by atoms with Gasteiger partial charge in [0, 0.05) is 24.3 Å². The van der Waals surface area contributed by atoms with Crippen molar-refractivity contribution in [2.75, 3.05) is 38.2 Å². The lowest BCUT2D eigenvalue weighted by Crippen LogP contribution is -2.73. The quantitative estimate of drug-likeness (QED) is 0.441. The molecule has 2 aromatic rings. The molecule has 0 aromatic carbocycles. The summed E-state index contributed by atoms with van der Waals surface area (Å²) in [5.41, 5.74) is 0.668. The highest BCUT2D eigenvalue weighted by molar-refractivity contribution is 5.82. The number of ether oxygens (including phenoxy) is 1. The van der Waals surface area contributed by atoms with Gasteiger partial charge in [0.1, 0.15) is 23.8 Å². The van der Waals surface area contributed by atoms with Crippen LogP contribution in [0.3, 0.4) is 0 Å². The molecule has 4 rings (SSSR count). The molecule has 1 atom stereocenters. The minimum Gasteiger partial charge on any atom is -0.475 e. The number of aryl methyl sites for hydroxylation is 1. The fourth-order valence-corrected chi connectivity index (χ4v) is 3.79. The van der Waals surface area contributed by atoms with E-state index in [4.69, 9.17) is 24.5 Å². The van der Waals surface area contributed by atoms with Crippen LogP contribution < -0.4 is 10.2 Å². The summed E-state index contributed by atoms with van der Waals surface area (Å²) in [6.45, 7) is 8.54. The average Bonchev–Trinajstić information content (AvgIpc) is 3.24. The first-order chi connectivity index (χ1) is 18.3. The van der Waals surface area contributed by atoms with Crippen molar-refractivity contribution in [1.29, 1.82) is 0 Å². The number of carbonyl (C=O) groups excluding carboxylic acids is 1. The molecule has 1 spiro atoms. The monoisotopic (exact) mass is 587 g/mol. The Morgan fingerprint density at radius 3 is 2.05 bits per heavy atom. The molecule has 19 heteroatoms. The standard InChI is InChI=1S/C17H25N7O2.2C2HF3O2/c1-11(2)20-15(25)13-6-26-17(7-22(13)4)8-23(9-17)14-5-12(3)21-16-18-10-19-24(14)16;2*3-2(4,5)1(6)7/h5,10-11,13H,6-9H2,1-4H3,(H,20,25);2*(H,6,7). The van der Waals surface area contributed by atoms with Gasteiger partial charge >= 0.3 is 24.3 Å². The van der Waals surface area contributed by atoms with Gasteiger partial charge in [0.15, 0.2) is 0 Å². The minimum atomic E-state index is -5.08. The lowest BCUT2D eigenvalue weighted by Gasteiger charge is -2.55. The zero-order valence-corrected chi connectivity index (χ0v) is 21.6. The van der Waals surface area contributed by atoms with Gasteiger partial charge in [0.05, 0.1) is 19.7 Å². The number of likely N-dealkylation sites (N-methyl/N-ethyl adjacent to an activating group) is 1. The first-order valence-electron chi connectivity index (χ1n) is 11.4. The molecule has 0 bridgehead atoms. The Morgan fingerprint density at radius 1 is 1.07 bits per heavy atom.